The number of hydrogen-bond acceptors (Lipinski definition) is 2. The first-order chi connectivity index (χ1) is 6.24. The van der Waals surface area contributed by atoms with Crippen LogP contribution in [0.15, 0.2) is 17.5 Å². The normalized spacial score (nSPS) is 10.6. The van der Waals surface area contributed by atoms with Gasteiger partial charge >= 0.3 is 0 Å². The lowest BCUT2D eigenvalue weighted by atomic mass is 10.2. The molecule has 1 aromatic heterocycles. The van der Waals surface area contributed by atoms with E-state index in [1.165, 1.54) is 17.4 Å². The average molecular weight is 306 g/mol. The second-order valence-electron chi connectivity index (χ2n) is 2.54. The lowest BCUT2D eigenvalue weighted by Gasteiger charge is -1.95. The summed E-state index contributed by atoms with van der Waals surface area (Å²) in [5.41, 5.74) is 0.172. The highest BCUT2D eigenvalue weighted by atomic mass is 127. The van der Waals surface area contributed by atoms with Crippen LogP contribution in [-0.2, 0) is 0 Å². The van der Waals surface area contributed by atoms with Gasteiger partial charge in [0.2, 0.25) is 0 Å². The summed E-state index contributed by atoms with van der Waals surface area (Å²) < 4.78 is 14.9. The van der Waals surface area contributed by atoms with Crippen LogP contribution in [0.1, 0.15) is 10.4 Å². The number of carbonyl (C=O) groups is 1. The summed E-state index contributed by atoms with van der Waals surface area (Å²) in [6.45, 7) is 0. The molecule has 0 amide bonds. The van der Waals surface area contributed by atoms with Crippen LogP contribution in [0.2, 0.25) is 0 Å². The van der Waals surface area contributed by atoms with E-state index in [0.29, 0.717) is 6.29 Å². The Kier molecular flexibility index (Phi) is 2.33. The van der Waals surface area contributed by atoms with E-state index in [1.54, 1.807) is 6.07 Å². The van der Waals surface area contributed by atoms with Crippen molar-refractivity contribution in [2.45, 2.75) is 0 Å². The molecule has 0 spiro atoms. The van der Waals surface area contributed by atoms with Crippen molar-refractivity contribution < 1.29 is 9.18 Å². The minimum absolute atomic E-state index is 0.172. The summed E-state index contributed by atoms with van der Waals surface area (Å²) in [4.78, 5) is 10.6. The zero-order valence-corrected chi connectivity index (χ0v) is 9.36. The maximum atomic E-state index is 13.1. The highest BCUT2D eigenvalue weighted by Gasteiger charge is 2.09. The molecule has 0 unspecified atom stereocenters. The lowest BCUT2D eigenvalue weighted by molar-refractivity contribution is 0.112. The zero-order valence-electron chi connectivity index (χ0n) is 6.38. The molecule has 0 saturated carbocycles. The van der Waals surface area contributed by atoms with Gasteiger partial charge in [0.15, 0.2) is 6.29 Å². The predicted octanol–water partition coefficient (Wildman–Crippen LogP) is 3.46. The van der Waals surface area contributed by atoms with E-state index in [4.69, 9.17) is 0 Å². The molecule has 0 aliphatic carbocycles. The molecule has 2 aromatic rings. The largest absolute Gasteiger partial charge is 0.298 e. The Morgan fingerprint density at radius 1 is 1.46 bits per heavy atom. The minimum Gasteiger partial charge on any atom is -0.298 e. The maximum absolute atomic E-state index is 13.1. The summed E-state index contributed by atoms with van der Waals surface area (Å²) in [7, 11) is 0. The number of aldehydes is 1. The number of benzene rings is 1. The molecule has 0 fully saturated rings. The Balaban J connectivity index is 2.92. The first kappa shape index (κ1) is 9.08. The monoisotopic (exact) mass is 306 g/mol. The second kappa shape index (κ2) is 3.34. The Bertz CT molecular complexity index is 478. The molecular formula is C9H4FIOS. The van der Waals surface area contributed by atoms with Gasteiger partial charge in [-0.1, -0.05) is 0 Å². The van der Waals surface area contributed by atoms with Gasteiger partial charge < -0.3 is 0 Å². The van der Waals surface area contributed by atoms with Gasteiger partial charge in [-0.2, -0.15) is 0 Å². The molecule has 66 valence electrons. The summed E-state index contributed by atoms with van der Waals surface area (Å²) in [5.74, 6) is -0.444. The maximum Gasteiger partial charge on any atom is 0.154 e. The Labute approximate surface area is 91.7 Å². The minimum atomic E-state index is -0.444. The average Bonchev–Trinajstić information content (AvgIpc) is 2.48. The molecule has 0 aliphatic heterocycles. The molecule has 1 aromatic carbocycles. The van der Waals surface area contributed by atoms with Crippen LogP contribution < -0.4 is 0 Å². The van der Waals surface area contributed by atoms with Crippen LogP contribution in [-0.4, -0.2) is 6.29 Å². The Morgan fingerprint density at radius 2 is 2.23 bits per heavy atom. The number of rotatable bonds is 1. The van der Waals surface area contributed by atoms with Crippen LogP contribution in [0.3, 0.4) is 0 Å². The molecule has 13 heavy (non-hydrogen) atoms. The molecule has 0 N–H and O–H groups in total. The van der Waals surface area contributed by atoms with Crippen molar-refractivity contribution in [3.05, 3.63) is 32.5 Å². The van der Waals surface area contributed by atoms with E-state index < -0.39 is 5.82 Å². The van der Waals surface area contributed by atoms with Gasteiger partial charge in [0.25, 0.3) is 0 Å². The SMILES string of the molecule is O=Cc1c(F)ccc2c(I)csc12. The summed E-state index contributed by atoms with van der Waals surface area (Å²) in [6, 6.07) is 3.04. The number of hydrogen-bond donors (Lipinski definition) is 0. The fourth-order valence-corrected chi connectivity index (χ4v) is 3.11. The Hall–Kier alpha value is -0.490. The van der Waals surface area contributed by atoms with Crippen LogP contribution in [0.25, 0.3) is 10.1 Å². The third-order valence-corrected chi connectivity index (χ3v) is 4.14. The van der Waals surface area contributed by atoms with E-state index in [0.717, 1.165) is 13.7 Å². The summed E-state index contributed by atoms with van der Waals surface area (Å²) >= 11 is 3.57. The molecular weight excluding hydrogens is 302 g/mol. The topological polar surface area (TPSA) is 17.1 Å². The lowest BCUT2D eigenvalue weighted by Crippen LogP contribution is -1.86. The van der Waals surface area contributed by atoms with E-state index in [1.807, 2.05) is 5.38 Å². The first-order valence-corrected chi connectivity index (χ1v) is 5.50. The molecule has 4 heteroatoms. The summed E-state index contributed by atoms with van der Waals surface area (Å²) in [5, 5.41) is 2.87. The van der Waals surface area contributed by atoms with E-state index in [9.17, 15) is 9.18 Å². The first-order valence-electron chi connectivity index (χ1n) is 3.54. The van der Waals surface area contributed by atoms with Gasteiger partial charge in [-0.15, -0.1) is 11.3 Å². The van der Waals surface area contributed by atoms with Crippen molar-refractivity contribution >= 4 is 50.3 Å². The van der Waals surface area contributed by atoms with Crippen molar-refractivity contribution in [1.29, 1.82) is 0 Å². The van der Waals surface area contributed by atoms with Gasteiger partial charge in [-0.25, -0.2) is 4.39 Å². The van der Waals surface area contributed by atoms with Gasteiger partial charge in [0.1, 0.15) is 5.82 Å². The van der Waals surface area contributed by atoms with Crippen molar-refractivity contribution in [3.63, 3.8) is 0 Å². The molecule has 0 bridgehead atoms. The smallest absolute Gasteiger partial charge is 0.154 e. The molecule has 1 nitrogen and oxygen atoms in total. The van der Waals surface area contributed by atoms with Gasteiger partial charge in [-0.3, -0.25) is 4.79 Å². The van der Waals surface area contributed by atoms with E-state index >= 15 is 0 Å². The van der Waals surface area contributed by atoms with Crippen molar-refractivity contribution in [2.75, 3.05) is 0 Å². The van der Waals surface area contributed by atoms with Crippen LogP contribution >= 0.6 is 33.9 Å². The zero-order chi connectivity index (χ0) is 9.42. The second-order valence-corrected chi connectivity index (χ2v) is 4.58. The fourth-order valence-electron chi connectivity index (χ4n) is 1.17. The highest BCUT2D eigenvalue weighted by molar-refractivity contribution is 14.1. The van der Waals surface area contributed by atoms with Crippen molar-refractivity contribution in [3.8, 4) is 0 Å². The molecule has 0 saturated heterocycles. The van der Waals surface area contributed by atoms with Crippen molar-refractivity contribution in [1.82, 2.24) is 0 Å². The van der Waals surface area contributed by atoms with E-state index in [-0.39, 0.29) is 5.56 Å². The van der Waals surface area contributed by atoms with Crippen molar-refractivity contribution in [2.24, 2.45) is 0 Å². The van der Waals surface area contributed by atoms with Gasteiger partial charge in [0, 0.05) is 19.0 Å². The van der Waals surface area contributed by atoms with Crippen LogP contribution in [0, 0.1) is 9.39 Å². The third-order valence-electron chi connectivity index (χ3n) is 1.80. The highest BCUT2D eigenvalue weighted by Crippen LogP contribution is 2.30. The Morgan fingerprint density at radius 3 is 2.92 bits per heavy atom. The molecule has 2 rings (SSSR count). The quantitative estimate of drug-likeness (QED) is 0.582. The standard InChI is InChI=1S/C9H4FIOS/c10-7-2-1-5-8(11)4-13-9(5)6(7)3-12/h1-4H. The van der Waals surface area contributed by atoms with Gasteiger partial charge in [-0.05, 0) is 34.7 Å². The fraction of sp³-hybridized carbons (Fsp3) is 0. The van der Waals surface area contributed by atoms with E-state index in [2.05, 4.69) is 22.6 Å². The van der Waals surface area contributed by atoms with Crippen LogP contribution in [0.5, 0.6) is 0 Å². The number of halogens is 2. The predicted molar refractivity (Wildman–Crippen MR) is 59.9 cm³/mol. The van der Waals surface area contributed by atoms with Crippen LogP contribution in [0.4, 0.5) is 4.39 Å². The number of carbonyl (C=O) groups excluding carboxylic acids is 1. The molecule has 0 atom stereocenters. The number of fused-ring (bicyclic) bond motifs is 1. The summed E-state index contributed by atoms with van der Waals surface area (Å²) in [6.07, 6.45) is 0.574. The molecule has 0 aliphatic rings. The van der Waals surface area contributed by atoms with Gasteiger partial charge in [0.05, 0.1) is 5.56 Å². The third kappa shape index (κ3) is 1.38. The molecule has 0 radical (unpaired) electrons. The molecule has 1 heterocycles. The number of thiophene rings is 1.